The van der Waals surface area contributed by atoms with Crippen LogP contribution in [0.25, 0.3) is 0 Å². The highest BCUT2D eigenvalue weighted by atomic mass is 35.5. The number of carbonyl (C=O) groups excluding carboxylic acids is 1. The Balaban J connectivity index is 2.46. The highest BCUT2D eigenvalue weighted by Gasteiger charge is 2.41. The van der Waals surface area contributed by atoms with Crippen LogP contribution in [0, 0.1) is 0 Å². The van der Waals surface area contributed by atoms with E-state index in [9.17, 15) is 4.79 Å². The Morgan fingerprint density at radius 1 is 1.25 bits per heavy atom. The van der Waals surface area contributed by atoms with Gasteiger partial charge >= 0.3 is 0 Å². The summed E-state index contributed by atoms with van der Waals surface area (Å²) in [7, 11) is 3.17. The molecule has 1 heterocycles. The van der Waals surface area contributed by atoms with Crippen LogP contribution in [0.3, 0.4) is 0 Å². The third kappa shape index (κ3) is 2.63. The first-order valence-electron chi connectivity index (χ1n) is 6.57. The summed E-state index contributed by atoms with van der Waals surface area (Å²) in [6.45, 7) is 1.13. The molecule has 1 aromatic rings. The SMILES string of the molecule is COc1ccc(C2(C(=O)CCl)CCOCC2)cc1OC. The second kappa shape index (κ2) is 6.46. The largest absolute Gasteiger partial charge is 0.493 e. The number of methoxy groups -OCH3 is 2. The van der Waals surface area contributed by atoms with Crippen molar-refractivity contribution in [1.29, 1.82) is 0 Å². The van der Waals surface area contributed by atoms with Crippen LogP contribution >= 0.6 is 11.6 Å². The van der Waals surface area contributed by atoms with Crippen LogP contribution in [-0.4, -0.2) is 39.1 Å². The fraction of sp³-hybridized carbons (Fsp3) is 0.533. The summed E-state index contributed by atoms with van der Waals surface area (Å²) in [6.07, 6.45) is 1.29. The molecule has 0 aliphatic carbocycles. The molecule has 1 saturated heterocycles. The molecular formula is C15H19ClO4. The van der Waals surface area contributed by atoms with Crippen molar-refractivity contribution < 1.29 is 19.0 Å². The van der Waals surface area contributed by atoms with E-state index in [1.807, 2.05) is 18.2 Å². The van der Waals surface area contributed by atoms with Crippen molar-refractivity contribution in [3.63, 3.8) is 0 Å². The summed E-state index contributed by atoms with van der Waals surface area (Å²) in [5.74, 6) is 1.32. The summed E-state index contributed by atoms with van der Waals surface area (Å²) < 4.78 is 16.0. The van der Waals surface area contributed by atoms with E-state index in [1.54, 1.807) is 14.2 Å². The minimum Gasteiger partial charge on any atom is -0.493 e. The lowest BCUT2D eigenvalue weighted by atomic mass is 9.71. The molecule has 1 aliphatic rings. The minimum atomic E-state index is -0.570. The molecule has 0 bridgehead atoms. The number of alkyl halides is 1. The monoisotopic (exact) mass is 298 g/mol. The third-order valence-electron chi connectivity index (χ3n) is 3.94. The molecule has 110 valence electrons. The van der Waals surface area contributed by atoms with Gasteiger partial charge in [0, 0.05) is 13.2 Å². The van der Waals surface area contributed by atoms with Crippen molar-refractivity contribution in [1.82, 2.24) is 0 Å². The number of halogens is 1. The maximum atomic E-state index is 12.4. The average molecular weight is 299 g/mol. The number of hydrogen-bond donors (Lipinski definition) is 0. The number of rotatable bonds is 5. The standard InChI is InChI=1S/C15H19ClO4/c1-18-12-4-3-11(9-13(12)19-2)15(14(17)10-16)5-7-20-8-6-15/h3-4,9H,5-8,10H2,1-2H3. The smallest absolute Gasteiger partial charge is 0.161 e. The Morgan fingerprint density at radius 2 is 1.90 bits per heavy atom. The number of ketones is 1. The predicted octanol–water partition coefficient (Wildman–Crippen LogP) is 2.56. The van der Waals surface area contributed by atoms with Crippen LogP contribution in [0.1, 0.15) is 18.4 Å². The summed E-state index contributed by atoms with van der Waals surface area (Å²) >= 11 is 5.81. The predicted molar refractivity (Wildman–Crippen MR) is 77.0 cm³/mol. The number of ether oxygens (including phenoxy) is 3. The first kappa shape index (κ1) is 15.1. The van der Waals surface area contributed by atoms with E-state index in [1.165, 1.54) is 0 Å². The minimum absolute atomic E-state index is 0.00828. The van der Waals surface area contributed by atoms with Gasteiger partial charge in [0.1, 0.15) is 0 Å². The molecule has 0 radical (unpaired) electrons. The van der Waals surface area contributed by atoms with E-state index in [2.05, 4.69) is 0 Å². The fourth-order valence-corrected chi connectivity index (χ4v) is 2.97. The molecule has 20 heavy (non-hydrogen) atoms. The quantitative estimate of drug-likeness (QED) is 0.784. The van der Waals surface area contributed by atoms with Crippen molar-refractivity contribution >= 4 is 17.4 Å². The number of hydrogen-bond acceptors (Lipinski definition) is 4. The Kier molecular flexibility index (Phi) is 4.89. The highest BCUT2D eigenvalue weighted by molar-refractivity contribution is 6.29. The molecule has 0 amide bonds. The van der Waals surface area contributed by atoms with Gasteiger partial charge in [-0.15, -0.1) is 11.6 Å². The topological polar surface area (TPSA) is 44.8 Å². The second-order valence-electron chi connectivity index (χ2n) is 4.82. The van der Waals surface area contributed by atoms with Crippen molar-refractivity contribution in [2.75, 3.05) is 33.3 Å². The molecule has 0 atom stereocenters. The molecule has 5 heteroatoms. The van der Waals surface area contributed by atoms with Gasteiger partial charge in [-0.3, -0.25) is 4.79 Å². The molecule has 4 nitrogen and oxygen atoms in total. The van der Waals surface area contributed by atoms with E-state index in [-0.39, 0.29) is 11.7 Å². The molecule has 0 spiro atoms. The van der Waals surface area contributed by atoms with Crippen LogP contribution in [0.15, 0.2) is 18.2 Å². The van der Waals surface area contributed by atoms with Gasteiger partial charge in [-0.1, -0.05) is 6.07 Å². The van der Waals surface area contributed by atoms with Crippen LogP contribution < -0.4 is 9.47 Å². The van der Waals surface area contributed by atoms with Gasteiger partial charge in [0.05, 0.1) is 25.5 Å². The van der Waals surface area contributed by atoms with Crippen LogP contribution in [0.5, 0.6) is 11.5 Å². The summed E-state index contributed by atoms with van der Waals surface area (Å²) in [5.41, 5.74) is 0.351. The summed E-state index contributed by atoms with van der Waals surface area (Å²) in [4.78, 5) is 12.4. The fourth-order valence-electron chi connectivity index (χ4n) is 2.71. The number of benzene rings is 1. The van der Waals surface area contributed by atoms with Gasteiger partial charge in [0.25, 0.3) is 0 Å². The Bertz CT molecular complexity index is 481. The molecule has 0 N–H and O–H groups in total. The lowest BCUT2D eigenvalue weighted by Crippen LogP contribution is -2.42. The highest BCUT2D eigenvalue weighted by Crippen LogP contribution is 2.40. The molecular weight excluding hydrogens is 280 g/mol. The van der Waals surface area contributed by atoms with Crippen LogP contribution in [-0.2, 0) is 14.9 Å². The third-order valence-corrected chi connectivity index (χ3v) is 4.18. The molecule has 1 fully saturated rings. The van der Waals surface area contributed by atoms with Crippen molar-refractivity contribution in [2.24, 2.45) is 0 Å². The lowest BCUT2D eigenvalue weighted by molar-refractivity contribution is -0.125. The van der Waals surface area contributed by atoms with Gasteiger partial charge in [0.15, 0.2) is 17.3 Å². The molecule has 0 saturated carbocycles. The molecule has 0 aromatic heterocycles. The zero-order chi connectivity index (χ0) is 14.6. The maximum absolute atomic E-state index is 12.4. The Labute approximate surface area is 124 Å². The van der Waals surface area contributed by atoms with E-state index in [4.69, 9.17) is 25.8 Å². The van der Waals surface area contributed by atoms with Crippen LogP contribution in [0.4, 0.5) is 0 Å². The molecule has 0 unspecified atom stereocenters. The average Bonchev–Trinajstić information content (AvgIpc) is 2.53. The van der Waals surface area contributed by atoms with E-state index >= 15 is 0 Å². The van der Waals surface area contributed by atoms with Gasteiger partial charge < -0.3 is 14.2 Å². The van der Waals surface area contributed by atoms with Crippen molar-refractivity contribution in [2.45, 2.75) is 18.3 Å². The van der Waals surface area contributed by atoms with E-state index in [0.29, 0.717) is 37.6 Å². The maximum Gasteiger partial charge on any atom is 0.161 e. The van der Waals surface area contributed by atoms with E-state index in [0.717, 1.165) is 5.56 Å². The first-order valence-corrected chi connectivity index (χ1v) is 7.11. The zero-order valence-electron chi connectivity index (χ0n) is 11.8. The summed E-state index contributed by atoms with van der Waals surface area (Å²) in [6, 6.07) is 5.61. The first-order chi connectivity index (χ1) is 9.67. The van der Waals surface area contributed by atoms with Gasteiger partial charge in [-0.05, 0) is 30.5 Å². The normalized spacial score (nSPS) is 17.6. The molecule has 1 aliphatic heterocycles. The number of Topliss-reactive ketones (excluding diaryl/α,β-unsaturated/α-hetero) is 1. The second-order valence-corrected chi connectivity index (χ2v) is 5.09. The zero-order valence-corrected chi connectivity index (χ0v) is 12.5. The van der Waals surface area contributed by atoms with Crippen LogP contribution in [0.2, 0.25) is 0 Å². The van der Waals surface area contributed by atoms with Gasteiger partial charge in [-0.25, -0.2) is 0 Å². The number of carbonyl (C=O) groups is 1. The Hall–Kier alpha value is -1.26. The molecule has 2 rings (SSSR count). The Morgan fingerprint density at radius 3 is 2.45 bits per heavy atom. The van der Waals surface area contributed by atoms with Crippen molar-refractivity contribution in [3.05, 3.63) is 23.8 Å². The van der Waals surface area contributed by atoms with Gasteiger partial charge in [-0.2, -0.15) is 0 Å². The van der Waals surface area contributed by atoms with Crippen molar-refractivity contribution in [3.8, 4) is 11.5 Å². The molecule has 1 aromatic carbocycles. The summed E-state index contributed by atoms with van der Waals surface area (Å²) in [5, 5.41) is 0. The van der Waals surface area contributed by atoms with E-state index < -0.39 is 5.41 Å². The van der Waals surface area contributed by atoms with Gasteiger partial charge in [0.2, 0.25) is 0 Å². The lowest BCUT2D eigenvalue weighted by Gasteiger charge is -2.36.